The summed E-state index contributed by atoms with van der Waals surface area (Å²) in [5, 5.41) is 13.6. The fourth-order valence-corrected chi connectivity index (χ4v) is 3.47. The summed E-state index contributed by atoms with van der Waals surface area (Å²) in [6, 6.07) is 8.25. The summed E-state index contributed by atoms with van der Waals surface area (Å²) >= 11 is 0. The van der Waals surface area contributed by atoms with Gasteiger partial charge in [-0.05, 0) is 63.4 Å². The van der Waals surface area contributed by atoms with Crippen molar-refractivity contribution in [2.75, 3.05) is 32.7 Å². The number of aromatic amines is 1. The number of aliphatic imine (C=N–C) groups is 1. The van der Waals surface area contributed by atoms with Crippen molar-refractivity contribution < 1.29 is 0 Å². The molecule has 0 atom stereocenters. The van der Waals surface area contributed by atoms with Crippen LogP contribution in [-0.4, -0.2) is 58.8 Å². The summed E-state index contributed by atoms with van der Waals surface area (Å²) < 4.78 is 0. The van der Waals surface area contributed by atoms with Crippen LogP contribution in [0.5, 0.6) is 0 Å². The minimum atomic E-state index is 0. The van der Waals surface area contributed by atoms with Gasteiger partial charge in [-0.2, -0.15) is 5.10 Å². The van der Waals surface area contributed by atoms with E-state index in [-0.39, 0.29) is 24.0 Å². The Kier molecular flexibility index (Phi) is 10.4. The summed E-state index contributed by atoms with van der Waals surface area (Å²) in [6.45, 7) is 10.5. The van der Waals surface area contributed by atoms with Crippen molar-refractivity contribution in [3.05, 3.63) is 36.2 Å². The number of likely N-dealkylation sites (tertiary alicyclic amines) is 1. The van der Waals surface area contributed by atoms with Crippen LogP contribution in [0.25, 0.3) is 11.4 Å². The molecule has 3 N–H and O–H groups in total. The van der Waals surface area contributed by atoms with Crippen LogP contribution in [0, 0.1) is 5.92 Å². The second-order valence-electron chi connectivity index (χ2n) is 7.53. The molecule has 1 saturated heterocycles. The number of benzene rings is 1. The molecule has 160 valence electrons. The summed E-state index contributed by atoms with van der Waals surface area (Å²) in [4.78, 5) is 11.5. The van der Waals surface area contributed by atoms with E-state index in [0.717, 1.165) is 48.3 Å². The highest BCUT2D eigenvalue weighted by Gasteiger charge is 2.14. The maximum absolute atomic E-state index is 4.73. The molecular weight excluding hydrogens is 477 g/mol. The Morgan fingerprint density at radius 2 is 2.10 bits per heavy atom. The molecule has 1 aliphatic heterocycles. The lowest BCUT2D eigenvalue weighted by atomic mass is 9.99. The van der Waals surface area contributed by atoms with Gasteiger partial charge in [0.25, 0.3) is 0 Å². The van der Waals surface area contributed by atoms with E-state index < -0.39 is 0 Å². The van der Waals surface area contributed by atoms with Crippen LogP contribution < -0.4 is 10.6 Å². The zero-order valence-corrected chi connectivity index (χ0v) is 19.9. The highest BCUT2D eigenvalue weighted by Crippen LogP contribution is 2.16. The number of nitrogens with zero attached hydrogens (tertiary/aromatic N) is 4. The summed E-state index contributed by atoms with van der Waals surface area (Å²) in [5.41, 5.74) is 2.17. The van der Waals surface area contributed by atoms with Crippen LogP contribution in [-0.2, 0) is 6.54 Å². The van der Waals surface area contributed by atoms with E-state index in [9.17, 15) is 0 Å². The molecule has 0 saturated carbocycles. The monoisotopic (exact) mass is 511 g/mol. The predicted molar refractivity (Wildman–Crippen MR) is 130 cm³/mol. The molecule has 0 spiro atoms. The van der Waals surface area contributed by atoms with E-state index in [0.29, 0.717) is 6.54 Å². The van der Waals surface area contributed by atoms with E-state index in [1.165, 1.54) is 38.8 Å². The molecular formula is C21H34IN7. The first-order chi connectivity index (χ1) is 13.7. The maximum atomic E-state index is 4.73. The van der Waals surface area contributed by atoms with Gasteiger partial charge < -0.3 is 15.5 Å². The normalized spacial score (nSPS) is 15.7. The van der Waals surface area contributed by atoms with Crippen molar-refractivity contribution in [1.29, 1.82) is 0 Å². The number of halogens is 1. The number of nitrogens with one attached hydrogen (secondary N) is 3. The van der Waals surface area contributed by atoms with Gasteiger partial charge in [0.2, 0.25) is 0 Å². The van der Waals surface area contributed by atoms with Crippen molar-refractivity contribution in [2.24, 2.45) is 10.9 Å². The Morgan fingerprint density at radius 3 is 2.83 bits per heavy atom. The molecule has 29 heavy (non-hydrogen) atoms. The zero-order chi connectivity index (χ0) is 19.6. The van der Waals surface area contributed by atoms with E-state index in [4.69, 9.17) is 4.99 Å². The van der Waals surface area contributed by atoms with E-state index >= 15 is 0 Å². The average Bonchev–Trinajstić information content (AvgIpc) is 3.26. The Morgan fingerprint density at radius 1 is 1.28 bits per heavy atom. The quantitative estimate of drug-likeness (QED) is 0.220. The summed E-state index contributed by atoms with van der Waals surface area (Å²) in [7, 11) is 0. The number of piperidine rings is 1. The highest BCUT2D eigenvalue weighted by molar-refractivity contribution is 14.0. The number of aromatic nitrogens is 3. The molecule has 0 amide bonds. The van der Waals surface area contributed by atoms with Crippen molar-refractivity contribution >= 4 is 29.9 Å². The first kappa shape index (κ1) is 23.6. The maximum Gasteiger partial charge on any atom is 0.191 e. The second-order valence-corrected chi connectivity index (χ2v) is 7.53. The molecule has 3 rings (SSSR count). The molecule has 1 aromatic heterocycles. The lowest BCUT2D eigenvalue weighted by Crippen LogP contribution is -2.39. The van der Waals surface area contributed by atoms with Gasteiger partial charge in [0.15, 0.2) is 11.8 Å². The molecule has 0 bridgehead atoms. The third-order valence-electron chi connectivity index (χ3n) is 5.20. The van der Waals surface area contributed by atoms with E-state index in [2.05, 4.69) is 56.7 Å². The number of rotatable bonds is 8. The molecule has 8 heteroatoms. The van der Waals surface area contributed by atoms with Crippen molar-refractivity contribution in [3.63, 3.8) is 0 Å². The average molecular weight is 511 g/mol. The van der Waals surface area contributed by atoms with E-state index in [1.807, 2.05) is 12.1 Å². The van der Waals surface area contributed by atoms with Crippen LogP contribution in [0.2, 0.25) is 0 Å². The molecule has 1 aromatic carbocycles. The molecule has 7 nitrogen and oxygen atoms in total. The van der Waals surface area contributed by atoms with Crippen LogP contribution >= 0.6 is 24.0 Å². The van der Waals surface area contributed by atoms with Gasteiger partial charge in [-0.15, -0.1) is 24.0 Å². The number of hydrogen-bond donors (Lipinski definition) is 3. The molecule has 0 radical (unpaired) electrons. The molecule has 1 fully saturated rings. The van der Waals surface area contributed by atoms with Crippen LogP contribution in [0.3, 0.4) is 0 Å². The standard InChI is InChI=1S/C21H33N7.HI/c1-3-22-21(23-10-5-11-28-12-8-17(2)9-13-28)24-15-18-6-4-7-19(14-18)20-25-16-26-27-20;/h4,6-7,14,16-17H,3,5,8-13,15H2,1-2H3,(H2,22,23,24)(H,25,26,27);1H. The molecule has 2 heterocycles. The molecule has 1 aliphatic rings. The number of H-pyrrole nitrogens is 1. The highest BCUT2D eigenvalue weighted by atomic mass is 127. The third-order valence-corrected chi connectivity index (χ3v) is 5.20. The SMILES string of the molecule is CCNC(=NCc1cccc(-c2ncn[nH]2)c1)NCCCN1CCC(C)CC1.I. The fraction of sp³-hybridized carbons (Fsp3) is 0.571. The first-order valence-corrected chi connectivity index (χ1v) is 10.4. The number of hydrogen-bond acceptors (Lipinski definition) is 4. The topological polar surface area (TPSA) is 81.2 Å². The first-order valence-electron chi connectivity index (χ1n) is 10.4. The second kappa shape index (κ2) is 12.8. The van der Waals surface area contributed by atoms with Gasteiger partial charge in [0, 0.05) is 18.7 Å². The number of guanidine groups is 1. The lowest BCUT2D eigenvalue weighted by molar-refractivity contribution is 0.191. The zero-order valence-electron chi connectivity index (χ0n) is 17.5. The third kappa shape index (κ3) is 7.93. The Balaban J connectivity index is 0.00000300. The summed E-state index contributed by atoms with van der Waals surface area (Å²) in [5.74, 6) is 2.55. The van der Waals surface area contributed by atoms with Crippen molar-refractivity contribution in [1.82, 2.24) is 30.7 Å². The van der Waals surface area contributed by atoms with Crippen LogP contribution in [0.15, 0.2) is 35.6 Å². The predicted octanol–water partition coefficient (Wildman–Crippen LogP) is 3.27. The Bertz CT molecular complexity index is 724. The van der Waals surface area contributed by atoms with Gasteiger partial charge in [0.1, 0.15) is 6.33 Å². The van der Waals surface area contributed by atoms with E-state index in [1.54, 1.807) is 0 Å². The minimum Gasteiger partial charge on any atom is -0.357 e. The summed E-state index contributed by atoms with van der Waals surface area (Å²) in [6.07, 6.45) is 5.34. The van der Waals surface area contributed by atoms with Gasteiger partial charge in [-0.3, -0.25) is 5.10 Å². The van der Waals surface area contributed by atoms with Crippen LogP contribution in [0.1, 0.15) is 38.7 Å². The fourth-order valence-electron chi connectivity index (χ4n) is 3.47. The van der Waals surface area contributed by atoms with Gasteiger partial charge in [0.05, 0.1) is 6.54 Å². The minimum absolute atomic E-state index is 0. The molecule has 0 unspecified atom stereocenters. The Hall–Kier alpha value is -1.68. The lowest BCUT2D eigenvalue weighted by Gasteiger charge is -2.30. The Labute approximate surface area is 191 Å². The van der Waals surface area contributed by atoms with Crippen LogP contribution in [0.4, 0.5) is 0 Å². The van der Waals surface area contributed by atoms with Crippen molar-refractivity contribution in [3.8, 4) is 11.4 Å². The van der Waals surface area contributed by atoms with Gasteiger partial charge >= 0.3 is 0 Å². The van der Waals surface area contributed by atoms with Gasteiger partial charge in [-0.1, -0.05) is 25.1 Å². The largest absolute Gasteiger partial charge is 0.357 e. The molecule has 2 aromatic rings. The molecule has 0 aliphatic carbocycles. The van der Waals surface area contributed by atoms with Gasteiger partial charge in [-0.25, -0.2) is 9.98 Å². The smallest absolute Gasteiger partial charge is 0.191 e. The van der Waals surface area contributed by atoms with Crippen molar-refractivity contribution in [2.45, 2.75) is 39.7 Å².